The maximum absolute atomic E-state index is 12.3. The fourth-order valence-electron chi connectivity index (χ4n) is 2.03. The van der Waals surface area contributed by atoms with Crippen molar-refractivity contribution in [3.63, 3.8) is 0 Å². The molecule has 114 valence electrons. The van der Waals surface area contributed by atoms with Gasteiger partial charge in [0.15, 0.2) is 0 Å². The van der Waals surface area contributed by atoms with Crippen molar-refractivity contribution in [3.05, 3.63) is 59.7 Å². The number of nitrogens with one attached hydrogen (secondary N) is 2. The van der Waals surface area contributed by atoms with Crippen LogP contribution in [0.5, 0.6) is 0 Å². The molecule has 0 bridgehead atoms. The summed E-state index contributed by atoms with van der Waals surface area (Å²) in [5.41, 5.74) is 8.06. The Bertz CT molecular complexity index is 683. The lowest BCUT2D eigenvalue weighted by atomic mass is 10.1. The average Bonchev–Trinajstić information content (AvgIpc) is 2.49. The van der Waals surface area contributed by atoms with Crippen molar-refractivity contribution in [2.75, 3.05) is 17.2 Å². The van der Waals surface area contributed by atoms with Crippen LogP contribution in [0.2, 0.25) is 0 Å². The van der Waals surface area contributed by atoms with Crippen LogP contribution in [0.25, 0.3) is 0 Å². The van der Waals surface area contributed by atoms with Gasteiger partial charge in [0.2, 0.25) is 5.91 Å². The molecular formula is C17H19N3O2. The quantitative estimate of drug-likeness (QED) is 0.793. The first-order valence-electron chi connectivity index (χ1n) is 7.07. The smallest absolute Gasteiger partial charge is 0.255 e. The highest BCUT2D eigenvalue weighted by Gasteiger charge is 2.10. The van der Waals surface area contributed by atoms with Crippen molar-refractivity contribution in [2.24, 2.45) is 5.73 Å². The highest BCUT2D eigenvalue weighted by atomic mass is 16.2. The summed E-state index contributed by atoms with van der Waals surface area (Å²) < 4.78 is 0. The van der Waals surface area contributed by atoms with Crippen molar-refractivity contribution < 1.29 is 9.59 Å². The lowest BCUT2D eigenvalue weighted by molar-refractivity contribution is -0.116. The van der Waals surface area contributed by atoms with E-state index in [9.17, 15) is 9.59 Å². The Labute approximate surface area is 129 Å². The summed E-state index contributed by atoms with van der Waals surface area (Å²) in [7, 11) is 0. The first kappa shape index (κ1) is 15.7. The molecule has 5 nitrogen and oxygen atoms in total. The van der Waals surface area contributed by atoms with E-state index < -0.39 is 0 Å². The number of anilines is 2. The predicted octanol–water partition coefficient (Wildman–Crippen LogP) is 2.53. The summed E-state index contributed by atoms with van der Waals surface area (Å²) in [5, 5.41) is 5.56. The lowest BCUT2D eigenvalue weighted by Crippen LogP contribution is -2.18. The zero-order chi connectivity index (χ0) is 15.9. The predicted molar refractivity (Wildman–Crippen MR) is 87.9 cm³/mol. The van der Waals surface area contributed by atoms with E-state index in [1.165, 1.54) is 0 Å². The molecule has 22 heavy (non-hydrogen) atoms. The van der Waals surface area contributed by atoms with E-state index in [4.69, 9.17) is 5.73 Å². The molecule has 0 heterocycles. The van der Waals surface area contributed by atoms with Gasteiger partial charge in [-0.15, -0.1) is 0 Å². The van der Waals surface area contributed by atoms with Crippen molar-refractivity contribution >= 4 is 23.2 Å². The van der Waals surface area contributed by atoms with E-state index in [0.29, 0.717) is 16.9 Å². The summed E-state index contributed by atoms with van der Waals surface area (Å²) in [5.74, 6) is -0.399. The summed E-state index contributed by atoms with van der Waals surface area (Å²) >= 11 is 0. The van der Waals surface area contributed by atoms with E-state index in [1.807, 2.05) is 25.1 Å². The summed E-state index contributed by atoms with van der Waals surface area (Å²) in [6.07, 6.45) is 0.236. The number of hydrogen-bond donors (Lipinski definition) is 3. The van der Waals surface area contributed by atoms with Crippen molar-refractivity contribution in [3.8, 4) is 0 Å². The summed E-state index contributed by atoms with van der Waals surface area (Å²) in [4.78, 5) is 23.9. The van der Waals surface area contributed by atoms with Crippen LogP contribution in [0.1, 0.15) is 22.3 Å². The maximum Gasteiger partial charge on any atom is 0.255 e. The van der Waals surface area contributed by atoms with Crippen LogP contribution in [0.3, 0.4) is 0 Å². The third-order valence-corrected chi connectivity index (χ3v) is 3.10. The molecule has 0 unspecified atom stereocenters. The number of para-hydroxylation sites is 2. The number of rotatable bonds is 5. The molecule has 0 saturated carbocycles. The first-order valence-corrected chi connectivity index (χ1v) is 7.07. The molecule has 2 rings (SSSR count). The molecule has 0 atom stereocenters. The minimum absolute atomic E-state index is 0.181. The van der Waals surface area contributed by atoms with E-state index in [-0.39, 0.29) is 24.8 Å². The Kier molecular flexibility index (Phi) is 5.27. The topological polar surface area (TPSA) is 84.2 Å². The highest BCUT2D eigenvalue weighted by molar-refractivity contribution is 6.07. The standard InChI is InChI=1S/C17H19N3O2/c1-12-5-4-6-13(11-12)17(22)20-15-8-3-2-7-14(15)19-16(21)9-10-18/h2-8,11H,9-10,18H2,1H3,(H,19,21)(H,20,22). The fraction of sp³-hybridized carbons (Fsp3) is 0.176. The van der Waals surface area contributed by atoms with Gasteiger partial charge >= 0.3 is 0 Å². The molecule has 0 aliphatic rings. The second-order valence-corrected chi connectivity index (χ2v) is 4.96. The molecule has 2 amide bonds. The van der Waals surface area contributed by atoms with E-state index in [2.05, 4.69) is 10.6 Å². The summed E-state index contributed by atoms with van der Waals surface area (Å²) in [6, 6.07) is 14.4. The van der Waals surface area contributed by atoms with Crippen molar-refractivity contribution in [2.45, 2.75) is 13.3 Å². The zero-order valence-electron chi connectivity index (χ0n) is 12.4. The second kappa shape index (κ2) is 7.38. The van der Waals surface area contributed by atoms with Gasteiger partial charge in [-0.25, -0.2) is 0 Å². The van der Waals surface area contributed by atoms with Gasteiger partial charge in [-0.05, 0) is 31.2 Å². The molecule has 2 aromatic rings. The van der Waals surface area contributed by atoms with Crippen LogP contribution in [0.15, 0.2) is 48.5 Å². The number of amides is 2. The van der Waals surface area contributed by atoms with Gasteiger partial charge in [0.25, 0.3) is 5.91 Å². The normalized spacial score (nSPS) is 10.1. The maximum atomic E-state index is 12.3. The third-order valence-electron chi connectivity index (χ3n) is 3.10. The van der Waals surface area contributed by atoms with Crippen LogP contribution in [0, 0.1) is 6.92 Å². The number of nitrogens with two attached hydrogens (primary N) is 1. The van der Waals surface area contributed by atoms with Gasteiger partial charge in [0.1, 0.15) is 0 Å². The molecular weight excluding hydrogens is 278 g/mol. The summed E-state index contributed by atoms with van der Waals surface area (Å²) in [6.45, 7) is 2.21. The van der Waals surface area contributed by atoms with Gasteiger partial charge in [-0.2, -0.15) is 0 Å². The van der Waals surface area contributed by atoms with Gasteiger partial charge in [-0.3, -0.25) is 9.59 Å². The molecule has 2 aromatic carbocycles. The highest BCUT2D eigenvalue weighted by Crippen LogP contribution is 2.22. The zero-order valence-corrected chi connectivity index (χ0v) is 12.4. The number of benzene rings is 2. The SMILES string of the molecule is Cc1cccc(C(=O)Nc2ccccc2NC(=O)CCN)c1. The van der Waals surface area contributed by atoms with Gasteiger partial charge in [-0.1, -0.05) is 29.8 Å². The van der Waals surface area contributed by atoms with Crippen LogP contribution in [-0.2, 0) is 4.79 Å². The van der Waals surface area contributed by atoms with Crippen LogP contribution < -0.4 is 16.4 Å². The van der Waals surface area contributed by atoms with Crippen LogP contribution >= 0.6 is 0 Å². The Morgan fingerprint density at radius 3 is 2.32 bits per heavy atom. The molecule has 0 spiro atoms. The van der Waals surface area contributed by atoms with Gasteiger partial charge in [0, 0.05) is 18.5 Å². The third kappa shape index (κ3) is 4.17. The van der Waals surface area contributed by atoms with Crippen LogP contribution in [-0.4, -0.2) is 18.4 Å². The second-order valence-electron chi connectivity index (χ2n) is 4.96. The van der Waals surface area contributed by atoms with Gasteiger partial charge in [0.05, 0.1) is 11.4 Å². The van der Waals surface area contributed by atoms with E-state index in [0.717, 1.165) is 5.56 Å². The largest absolute Gasteiger partial charge is 0.330 e. The van der Waals surface area contributed by atoms with Crippen molar-refractivity contribution in [1.29, 1.82) is 0 Å². The molecule has 0 aromatic heterocycles. The molecule has 5 heteroatoms. The van der Waals surface area contributed by atoms with E-state index in [1.54, 1.807) is 30.3 Å². The minimum atomic E-state index is -0.218. The molecule has 0 aliphatic heterocycles. The Morgan fingerprint density at radius 2 is 1.68 bits per heavy atom. The molecule has 4 N–H and O–H groups in total. The van der Waals surface area contributed by atoms with Crippen molar-refractivity contribution in [1.82, 2.24) is 0 Å². The Hall–Kier alpha value is -2.66. The monoisotopic (exact) mass is 297 g/mol. The number of carbonyl (C=O) groups excluding carboxylic acids is 2. The van der Waals surface area contributed by atoms with E-state index >= 15 is 0 Å². The number of hydrogen-bond acceptors (Lipinski definition) is 3. The molecule has 0 saturated heterocycles. The minimum Gasteiger partial charge on any atom is -0.330 e. The molecule has 0 aliphatic carbocycles. The fourth-order valence-corrected chi connectivity index (χ4v) is 2.03. The number of aryl methyl sites for hydroxylation is 1. The molecule has 0 radical (unpaired) electrons. The lowest BCUT2D eigenvalue weighted by Gasteiger charge is -2.12. The first-order chi connectivity index (χ1) is 10.6. The van der Waals surface area contributed by atoms with Crippen LogP contribution in [0.4, 0.5) is 11.4 Å². The Balaban J connectivity index is 2.15. The number of carbonyl (C=O) groups is 2. The Morgan fingerprint density at radius 1 is 1.00 bits per heavy atom. The molecule has 0 fully saturated rings. The average molecular weight is 297 g/mol. The van der Waals surface area contributed by atoms with Gasteiger partial charge < -0.3 is 16.4 Å².